The maximum Gasteiger partial charge on any atom is 0.256 e. The Hall–Kier alpha value is -12.4. The first-order valence-corrected chi connectivity index (χ1v) is 33.6. The van der Waals surface area contributed by atoms with Gasteiger partial charge >= 0.3 is 0 Å². The predicted molar refractivity (Wildman–Crippen MR) is 382 cm³/mol. The molecule has 3 aliphatic heterocycles. The Morgan fingerprint density at radius 1 is 0.490 bits per heavy atom. The number of likely N-dealkylation sites (tertiary alicyclic amines) is 3. The van der Waals surface area contributed by atoms with E-state index in [4.69, 9.17) is 32.5 Å². The number of amides is 6. The zero-order valence-corrected chi connectivity index (χ0v) is 55.9. The van der Waals surface area contributed by atoms with Crippen molar-refractivity contribution in [2.75, 3.05) is 72.4 Å². The van der Waals surface area contributed by atoms with Crippen LogP contribution < -0.4 is 33.2 Å². The molecule has 3 atom stereocenters. The highest BCUT2D eigenvalue weighted by atomic mass is 32.1. The molecule has 3 saturated heterocycles. The number of fused-ring (bicyclic) bond motifs is 3. The summed E-state index contributed by atoms with van der Waals surface area (Å²) in [5, 5.41) is 26.9. The van der Waals surface area contributed by atoms with Gasteiger partial charge in [-0.1, -0.05) is 56.1 Å². The highest BCUT2D eigenvalue weighted by Crippen LogP contribution is 2.38. The summed E-state index contributed by atoms with van der Waals surface area (Å²) in [4.78, 5) is 109. The molecule has 0 radical (unpaired) electrons. The molecule has 0 spiro atoms. The highest BCUT2D eigenvalue weighted by molar-refractivity contribution is 7.14. The number of benzene rings is 3. The van der Waals surface area contributed by atoms with E-state index in [0.29, 0.717) is 139 Å². The SMILES string of the molecule is C=CC(=O)N1CCC(n2nc(-c3ccc(C(=O)Nc4cc(C)ns4)cc3)c3c(N)ncnc32)C1.C=CC(=O)N1CCC(n2nc(-c3ccc(C(=O)Nc4ccns4)cc3)c3c(N)ncnc32)C1.C=CC(=O)N1CCC(n2nc(-c3ccc(C(=O)Nc4cncs4)cc3)c3c(N)ncnc32)C1. The Balaban J connectivity index is 0.000000134. The molecule has 12 aromatic rings. The van der Waals surface area contributed by atoms with Gasteiger partial charge in [0.2, 0.25) is 17.7 Å². The molecule has 33 heteroatoms. The summed E-state index contributed by atoms with van der Waals surface area (Å²) in [6.07, 6.45) is 13.7. The molecule has 0 saturated carbocycles. The van der Waals surface area contributed by atoms with Crippen LogP contribution in [0.1, 0.15) is 74.2 Å². The molecule has 15 rings (SSSR count). The standard InChI is InChI=1S/C23H22N8O2S.2C22H20N8O2S/c1-3-18(32)30-9-8-16(11-30)31-22-19(21(24)25-12-26-22)20(28-31)14-4-6-15(7-5-14)23(33)27-17-10-13(2)29-34-17;1-2-17(31)29-10-8-15(11-29)30-21-18(20(23)24-12-25-21)19(28-30)13-3-5-14(6-4-13)22(32)27-16-7-9-26-33-16;1-2-17(31)29-8-7-15(10-29)30-21-18(20(23)25-11-26-21)19(28-30)13-3-5-14(6-4-13)22(32)27-16-9-24-12-33-16/h3-7,10,12,16H,1,8-9,11H2,2H3,(H,27,33)(H2,24,25,26);2-7,9,12,15H,1,8,10-11H2,(H,27,32)(H2,23,24,25);2-6,9,11-12,15H,1,7-8,10H2,(H,27,32)(H2,23,25,26). The molecule has 0 aliphatic carbocycles. The fraction of sp³-hybridized carbons (Fsp3) is 0.194. The second-order valence-electron chi connectivity index (χ2n) is 23.2. The van der Waals surface area contributed by atoms with Crippen LogP contribution in [0.2, 0.25) is 0 Å². The van der Waals surface area contributed by atoms with E-state index >= 15 is 0 Å². The van der Waals surface area contributed by atoms with E-state index in [2.05, 4.69) is 79.3 Å². The number of nitrogens with zero attached hydrogens (tertiary/aromatic N) is 18. The van der Waals surface area contributed by atoms with Gasteiger partial charge in [0, 0.05) is 78.8 Å². The van der Waals surface area contributed by atoms with Crippen LogP contribution in [0.15, 0.2) is 160 Å². The van der Waals surface area contributed by atoms with Crippen LogP contribution in [-0.2, 0) is 14.4 Å². The van der Waals surface area contributed by atoms with Gasteiger partial charge in [0.05, 0.1) is 51.7 Å². The smallest absolute Gasteiger partial charge is 0.256 e. The number of anilines is 6. The number of carbonyl (C=O) groups is 6. The fourth-order valence-electron chi connectivity index (χ4n) is 12.0. The average Bonchev–Trinajstić information content (AvgIpc) is 1.63. The summed E-state index contributed by atoms with van der Waals surface area (Å²) >= 11 is 3.81. The van der Waals surface area contributed by atoms with Crippen molar-refractivity contribution in [3.63, 3.8) is 0 Å². The van der Waals surface area contributed by atoms with E-state index < -0.39 is 0 Å². The first kappa shape index (κ1) is 66.3. The van der Waals surface area contributed by atoms with Gasteiger partial charge in [-0.15, -0.1) is 11.3 Å². The number of hydrogen-bond acceptors (Lipinski definition) is 24. The van der Waals surface area contributed by atoms with Crippen molar-refractivity contribution in [2.45, 2.75) is 44.3 Å². The molecular weight excluding hydrogens is 1330 g/mol. The van der Waals surface area contributed by atoms with Gasteiger partial charge in [-0.05, 0) is 116 Å². The van der Waals surface area contributed by atoms with Gasteiger partial charge in [0.15, 0.2) is 16.9 Å². The third kappa shape index (κ3) is 13.7. The summed E-state index contributed by atoms with van der Waals surface area (Å²) in [5.41, 5.74) is 28.8. The van der Waals surface area contributed by atoms with Crippen LogP contribution in [0.5, 0.6) is 0 Å². The zero-order valence-electron chi connectivity index (χ0n) is 53.5. The number of nitrogen functional groups attached to an aromatic ring is 3. The normalized spacial score (nSPS) is 15.6. The van der Waals surface area contributed by atoms with Crippen LogP contribution >= 0.6 is 34.4 Å². The van der Waals surface area contributed by atoms with Crippen molar-refractivity contribution in [1.29, 1.82) is 0 Å². The van der Waals surface area contributed by atoms with Crippen molar-refractivity contribution >= 4 is 135 Å². The lowest BCUT2D eigenvalue weighted by Gasteiger charge is -2.14. The van der Waals surface area contributed by atoms with Crippen LogP contribution in [0.25, 0.3) is 66.9 Å². The Labute approximate surface area is 581 Å². The zero-order chi connectivity index (χ0) is 69.7. The minimum Gasteiger partial charge on any atom is -0.383 e. The Kier molecular flexibility index (Phi) is 19.1. The van der Waals surface area contributed by atoms with Gasteiger partial charge in [0.1, 0.15) is 68.5 Å². The second kappa shape index (κ2) is 28.8. The molecular formula is C67H62N24O6S3. The summed E-state index contributed by atoms with van der Waals surface area (Å²) < 4.78 is 13.6. The number of aryl methyl sites for hydroxylation is 1. The summed E-state index contributed by atoms with van der Waals surface area (Å²) in [7, 11) is 0. The van der Waals surface area contributed by atoms with Crippen molar-refractivity contribution < 1.29 is 28.8 Å². The van der Waals surface area contributed by atoms with Crippen molar-refractivity contribution in [3.8, 4) is 33.8 Å². The monoisotopic (exact) mass is 1390 g/mol. The van der Waals surface area contributed by atoms with Crippen molar-refractivity contribution in [1.82, 2.24) is 87.7 Å². The number of nitrogens with two attached hydrogens (primary N) is 3. The van der Waals surface area contributed by atoms with Gasteiger partial charge in [-0.25, -0.2) is 43.9 Å². The van der Waals surface area contributed by atoms with Gasteiger partial charge < -0.3 is 47.9 Å². The molecule has 9 N–H and O–H groups in total. The number of nitrogens with one attached hydrogen (secondary N) is 3. The largest absolute Gasteiger partial charge is 0.383 e. The number of aromatic nitrogens is 15. The third-order valence-electron chi connectivity index (χ3n) is 17.0. The first-order chi connectivity index (χ1) is 48.5. The fourth-order valence-corrected chi connectivity index (χ4v) is 13.7. The van der Waals surface area contributed by atoms with E-state index in [1.807, 2.05) is 63.4 Å². The number of thiazole rings is 1. The lowest BCUT2D eigenvalue weighted by atomic mass is 10.1. The third-order valence-corrected chi connectivity index (χ3v) is 19.2. The average molecular weight is 1400 g/mol. The molecule has 100 heavy (non-hydrogen) atoms. The molecule has 12 heterocycles. The van der Waals surface area contributed by atoms with E-state index in [-0.39, 0.29) is 53.6 Å². The maximum atomic E-state index is 12.6. The lowest BCUT2D eigenvalue weighted by Crippen LogP contribution is -2.27. The second-order valence-corrected chi connectivity index (χ2v) is 25.7. The van der Waals surface area contributed by atoms with Crippen LogP contribution in [0, 0.1) is 6.92 Å². The van der Waals surface area contributed by atoms with Gasteiger partial charge in [-0.3, -0.25) is 33.8 Å². The van der Waals surface area contributed by atoms with E-state index in [0.717, 1.165) is 41.6 Å². The van der Waals surface area contributed by atoms with Crippen LogP contribution in [0.4, 0.5) is 32.5 Å². The first-order valence-electron chi connectivity index (χ1n) is 31.2. The van der Waals surface area contributed by atoms with Crippen molar-refractivity contribution in [2.24, 2.45) is 0 Å². The Bertz CT molecular complexity index is 4900. The number of hydrogen-bond donors (Lipinski definition) is 6. The van der Waals surface area contributed by atoms with Gasteiger partial charge in [-0.2, -0.15) is 24.0 Å². The molecule has 0 bridgehead atoms. The molecule has 3 aliphatic rings. The Morgan fingerprint density at radius 3 is 1.18 bits per heavy atom. The van der Waals surface area contributed by atoms with E-state index in [9.17, 15) is 28.8 Å². The summed E-state index contributed by atoms with van der Waals surface area (Å²) in [6.45, 7) is 16.0. The molecule has 3 fully saturated rings. The lowest BCUT2D eigenvalue weighted by molar-refractivity contribution is -0.125. The van der Waals surface area contributed by atoms with Crippen molar-refractivity contribution in [3.05, 3.63) is 182 Å². The minimum atomic E-state index is -0.220. The molecule has 30 nitrogen and oxygen atoms in total. The van der Waals surface area contributed by atoms with E-state index in [1.54, 1.807) is 75.1 Å². The van der Waals surface area contributed by atoms with Crippen LogP contribution in [-0.4, -0.2) is 162 Å². The summed E-state index contributed by atoms with van der Waals surface area (Å²) in [6, 6.07) is 24.8. The predicted octanol–water partition coefficient (Wildman–Crippen LogP) is 8.54. The summed E-state index contributed by atoms with van der Waals surface area (Å²) in [5.74, 6) is 0.0123. The van der Waals surface area contributed by atoms with Crippen LogP contribution in [0.3, 0.4) is 0 Å². The molecule has 6 amide bonds. The topological polar surface area (TPSA) is 396 Å². The molecule has 9 aromatic heterocycles. The minimum absolute atomic E-state index is 0.0380. The molecule has 3 unspecified atom stereocenters. The van der Waals surface area contributed by atoms with E-state index in [1.165, 1.54) is 71.6 Å². The maximum absolute atomic E-state index is 12.6. The molecule has 3 aromatic carbocycles. The van der Waals surface area contributed by atoms with Gasteiger partial charge in [0.25, 0.3) is 17.7 Å². The number of rotatable bonds is 15. The Morgan fingerprint density at radius 2 is 0.860 bits per heavy atom. The highest BCUT2D eigenvalue weighted by Gasteiger charge is 2.34. The quantitative estimate of drug-likeness (QED) is 0.0523. The number of carbonyl (C=O) groups excluding carboxylic acids is 6. The molecule has 504 valence electrons.